The highest BCUT2D eigenvalue weighted by atomic mass is 16.5. The van der Waals surface area contributed by atoms with Gasteiger partial charge in [0.05, 0.1) is 6.61 Å². The molecule has 1 rings (SSSR count). The van der Waals surface area contributed by atoms with Gasteiger partial charge in [0.15, 0.2) is 0 Å². The van der Waals surface area contributed by atoms with Crippen LogP contribution in [-0.4, -0.2) is 24.2 Å². The molecule has 1 aliphatic rings. The highest BCUT2D eigenvalue weighted by Gasteiger charge is 2.43. The maximum atomic E-state index is 12.5. The average Bonchev–Trinajstić information content (AvgIpc) is 2.50. The lowest BCUT2D eigenvalue weighted by atomic mass is 9.83. The normalized spacial score (nSPS) is 28.5. The smallest absolute Gasteiger partial charge is 0.326 e. The molecule has 2 unspecified atom stereocenters. The summed E-state index contributed by atoms with van der Waals surface area (Å²) in [6.45, 7) is 11.3. The van der Waals surface area contributed by atoms with Crippen LogP contribution in [-0.2, 0) is 9.53 Å². The van der Waals surface area contributed by atoms with Gasteiger partial charge in [0, 0.05) is 6.04 Å². The minimum absolute atomic E-state index is 0.0481. The number of ether oxygens (including phenoxy) is 1. The molecule has 0 radical (unpaired) electrons. The van der Waals surface area contributed by atoms with Gasteiger partial charge in [0.2, 0.25) is 0 Å². The molecule has 0 amide bonds. The molecule has 0 aliphatic heterocycles. The van der Waals surface area contributed by atoms with Crippen LogP contribution in [0.2, 0.25) is 0 Å². The van der Waals surface area contributed by atoms with Gasteiger partial charge in [-0.15, -0.1) is 0 Å². The van der Waals surface area contributed by atoms with E-state index in [4.69, 9.17) is 4.74 Å². The van der Waals surface area contributed by atoms with Crippen molar-refractivity contribution in [3.8, 4) is 0 Å². The zero-order valence-corrected chi connectivity index (χ0v) is 13.3. The fourth-order valence-corrected chi connectivity index (χ4v) is 2.92. The van der Waals surface area contributed by atoms with Crippen LogP contribution in [0.3, 0.4) is 0 Å². The molecule has 19 heavy (non-hydrogen) atoms. The first-order valence-electron chi connectivity index (χ1n) is 7.80. The van der Waals surface area contributed by atoms with Crippen molar-refractivity contribution in [1.82, 2.24) is 5.32 Å². The predicted octanol–water partition coefficient (Wildman–Crippen LogP) is 3.67. The highest BCUT2D eigenvalue weighted by molar-refractivity contribution is 5.81. The Balaban J connectivity index is 2.88. The third kappa shape index (κ3) is 4.48. The number of hydrogen-bond acceptors (Lipinski definition) is 3. The summed E-state index contributed by atoms with van der Waals surface area (Å²) in [6.07, 6.45) is 6.19. The number of carbonyl (C=O) groups is 1. The van der Waals surface area contributed by atoms with Crippen LogP contribution in [0.4, 0.5) is 0 Å². The molecule has 1 aliphatic carbocycles. The lowest BCUT2D eigenvalue weighted by molar-refractivity contribution is -0.152. The molecule has 3 heteroatoms. The molecule has 1 N–H and O–H groups in total. The zero-order chi connectivity index (χ0) is 14.5. The molecule has 112 valence electrons. The van der Waals surface area contributed by atoms with Crippen molar-refractivity contribution in [3.63, 3.8) is 0 Å². The summed E-state index contributed by atoms with van der Waals surface area (Å²) in [5.74, 6) is -0.0481. The molecule has 1 fully saturated rings. The van der Waals surface area contributed by atoms with Gasteiger partial charge in [-0.1, -0.05) is 27.2 Å². The van der Waals surface area contributed by atoms with Crippen LogP contribution in [0.1, 0.15) is 73.1 Å². The van der Waals surface area contributed by atoms with E-state index < -0.39 is 5.54 Å². The molecule has 0 bridgehead atoms. The molecule has 0 aromatic heterocycles. The number of esters is 1. The maximum Gasteiger partial charge on any atom is 0.326 e. The Labute approximate surface area is 118 Å². The molecule has 0 heterocycles. The quantitative estimate of drug-likeness (QED) is 0.611. The van der Waals surface area contributed by atoms with Crippen LogP contribution >= 0.6 is 0 Å². The van der Waals surface area contributed by atoms with E-state index in [9.17, 15) is 4.79 Å². The van der Waals surface area contributed by atoms with E-state index >= 15 is 0 Å². The Morgan fingerprint density at radius 2 is 1.89 bits per heavy atom. The Kier molecular flexibility index (Phi) is 5.84. The van der Waals surface area contributed by atoms with Crippen molar-refractivity contribution in [2.75, 3.05) is 6.61 Å². The Morgan fingerprint density at radius 1 is 1.21 bits per heavy atom. The van der Waals surface area contributed by atoms with E-state index in [1.165, 1.54) is 6.42 Å². The molecule has 0 spiro atoms. The first-order valence-corrected chi connectivity index (χ1v) is 7.80. The van der Waals surface area contributed by atoms with Crippen LogP contribution in [0.15, 0.2) is 0 Å². The summed E-state index contributed by atoms with van der Waals surface area (Å²) in [7, 11) is 0. The number of nitrogens with one attached hydrogen (secondary N) is 1. The molecular formula is C16H31NO2. The predicted molar refractivity (Wildman–Crippen MR) is 79.1 cm³/mol. The van der Waals surface area contributed by atoms with Gasteiger partial charge in [0.1, 0.15) is 5.54 Å². The summed E-state index contributed by atoms with van der Waals surface area (Å²) in [4.78, 5) is 12.5. The minimum Gasteiger partial charge on any atom is -0.465 e. The van der Waals surface area contributed by atoms with Crippen molar-refractivity contribution < 1.29 is 9.53 Å². The molecule has 2 atom stereocenters. The summed E-state index contributed by atoms with van der Waals surface area (Å²) in [6, 6.07) is 0.352. The zero-order valence-electron chi connectivity index (χ0n) is 13.3. The summed E-state index contributed by atoms with van der Waals surface area (Å²) < 4.78 is 5.35. The van der Waals surface area contributed by atoms with Crippen LogP contribution in [0.25, 0.3) is 0 Å². The standard InChI is InChI=1S/C16H31NO2/c1-6-13(3)17-16(14(18)19-7-2)10-8-9-15(4,5)11-12-16/h13,17H,6-12H2,1-5H3. The van der Waals surface area contributed by atoms with Gasteiger partial charge in [-0.05, 0) is 51.4 Å². The molecule has 0 aromatic carbocycles. The van der Waals surface area contributed by atoms with Crippen molar-refractivity contribution in [2.45, 2.75) is 84.7 Å². The van der Waals surface area contributed by atoms with E-state index in [1.807, 2.05) is 6.92 Å². The SMILES string of the molecule is CCOC(=O)C1(NC(C)CC)CCCC(C)(C)CC1. The van der Waals surface area contributed by atoms with Crippen LogP contribution in [0.5, 0.6) is 0 Å². The second-order valence-corrected chi connectivity index (χ2v) is 6.77. The second-order valence-electron chi connectivity index (χ2n) is 6.77. The summed E-state index contributed by atoms with van der Waals surface area (Å²) >= 11 is 0. The van der Waals surface area contributed by atoms with Crippen LogP contribution in [0, 0.1) is 5.41 Å². The molecule has 3 nitrogen and oxygen atoms in total. The Morgan fingerprint density at radius 3 is 2.47 bits per heavy atom. The number of carbonyl (C=O) groups excluding carboxylic acids is 1. The molecule has 0 saturated heterocycles. The Bertz CT molecular complexity index is 301. The first-order chi connectivity index (χ1) is 8.85. The largest absolute Gasteiger partial charge is 0.465 e. The van der Waals surface area contributed by atoms with Gasteiger partial charge in [-0.3, -0.25) is 10.1 Å². The monoisotopic (exact) mass is 269 g/mol. The van der Waals surface area contributed by atoms with E-state index in [0.717, 1.165) is 32.1 Å². The van der Waals surface area contributed by atoms with Crippen molar-refractivity contribution >= 4 is 5.97 Å². The van der Waals surface area contributed by atoms with E-state index in [1.54, 1.807) is 0 Å². The van der Waals surface area contributed by atoms with E-state index in [0.29, 0.717) is 18.1 Å². The second kappa shape index (κ2) is 6.74. The fraction of sp³-hybridized carbons (Fsp3) is 0.938. The van der Waals surface area contributed by atoms with Crippen molar-refractivity contribution in [2.24, 2.45) is 5.41 Å². The number of hydrogen-bond donors (Lipinski definition) is 1. The molecule has 0 aromatic rings. The number of rotatable bonds is 5. The summed E-state index contributed by atoms with van der Waals surface area (Å²) in [5.41, 5.74) is -0.120. The third-order valence-electron chi connectivity index (χ3n) is 4.49. The molecule has 1 saturated carbocycles. The van der Waals surface area contributed by atoms with Gasteiger partial charge < -0.3 is 4.74 Å². The van der Waals surface area contributed by atoms with Crippen molar-refractivity contribution in [1.29, 1.82) is 0 Å². The average molecular weight is 269 g/mol. The van der Waals surface area contributed by atoms with Gasteiger partial charge in [-0.25, -0.2) is 0 Å². The van der Waals surface area contributed by atoms with E-state index in [-0.39, 0.29) is 5.97 Å². The first kappa shape index (κ1) is 16.5. The van der Waals surface area contributed by atoms with Gasteiger partial charge in [0.25, 0.3) is 0 Å². The fourth-order valence-electron chi connectivity index (χ4n) is 2.92. The lowest BCUT2D eigenvalue weighted by Gasteiger charge is -2.34. The Hall–Kier alpha value is -0.570. The topological polar surface area (TPSA) is 38.3 Å². The lowest BCUT2D eigenvalue weighted by Crippen LogP contribution is -2.55. The maximum absolute atomic E-state index is 12.5. The third-order valence-corrected chi connectivity index (χ3v) is 4.49. The summed E-state index contributed by atoms with van der Waals surface area (Å²) in [5, 5.41) is 3.57. The van der Waals surface area contributed by atoms with Gasteiger partial charge >= 0.3 is 5.97 Å². The van der Waals surface area contributed by atoms with Gasteiger partial charge in [-0.2, -0.15) is 0 Å². The highest BCUT2D eigenvalue weighted by Crippen LogP contribution is 2.39. The van der Waals surface area contributed by atoms with E-state index in [2.05, 4.69) is 33.0 Å². The molecular weight excluding hydrogens is 238 g/mol. The minimum atomic E-state index is -0.459. The van der Waals surface area contributed by atoms with Crippen LogP contribution < -0.4 is 5.32 Å². The van der Waals surface area contributed by atoms with Crippen molar-refractivity contribution in [3.05, 3.63) is 0 Å².